The van der Waals surface area contributed by atoms with Gasteiger partial charge in [0.15, 0.2) is 5.82 Å². The summed E-state index contributed by atoms with van der Waals surface area (Å²) in [6.07, 6.45) is 15.7. The van der Waals surface area contributed by atoms with Crippen LogP contribution >= 0.6 is 0 Å². The van der Waals surface area contributed by atoms with Crippen molar-refractivity contribution in [3.8, 4) is 33.8 Å². The van der Waals surface area contributed by atoms with E-state index >= 15 is 0 Å². The number of nitrogens with one attached hydrogen (secondary N) is 4. The number of nitrogens with zero attached hydrogens (tertiary/aromatic N) is 5. The quantitative estimate of drug-likeness (QED) is 0.203. The van der Waals surface area contributed by atoms with E-state index in [0.717, 1.165) is 50.7 Å². The fraction of sp³-hybridized carbons (Fsp3) is 0.226. The van der Waals surface area contributed by atoms with E-state index in [1.807, 2.05) is 36.5 Å². The first-order valence-corrected chi connectivity index (χ1v) is 13.9. The number of carbonyl (C=O) groups is 1. The van der Waals surface area contributed by atoms with Gasteiger partial charge < -0.3 is 15.6 Å². The summed E-state index contributed by atoms with van der Waals surface area (Å²) in [5.41, 5.74) is 7.68. The molecule has 5 aromatic heterocycles. The van der Waals surface area contributed by atoms with Crippen molar-refractivity contribution in [2.24, 2.45) is 5.92 Å². The Morgan fingerprint density at radius 1 is 0.878 bits per heavy atom. The van der Waals surface area contributed by atoms with E-state index < -0.39 is 0 Å². The van der Waals surface area contributed by atoms with E-state index in [2.05, 4.69) is 46.8 Å². The highest BCUT2D eigenvalue weighted by Crippen LogP contribution is 2.33. The molecule has 0 bridgehead atoms. The summed E-state index contributed by atoms with van der Waals surface area (Å²) in [7, 11) is 0. The van der Waals surface area contributed by atoms with Gasteiger partial charge in [0.2, 0.25) is 5.91 Å². The first-order valence-electron chi connectivity index (χ1n) is 13.9. The lowest BCUT2D eigenvalue weighted by atomic mass is 10.0. The van der Waals surface area contributed by atoms with Crippen molar-refractivity contribution in [2.45, 2.75) is 25.7 Å². The first-order chi connectivity index (χ1) is 20.2. The number of imidazole rings is 1. The smallest absolute Gasteiger partial charge is 0.238 e. The number of carbonyl (C=O) groups excluding carboxylic acids is 1. The number of H-pyrrole nitrogens is 2. The molecule has 10 nitrogen and oxygen atoms in total. The Kier molecular flexibility index (Phi) is 6.65. The van der Waals surface area contributed by atoms with E-state index in [0.29, 0.717) is 29.7 Å². The van der Waals surface area contributed by atoms with Crippen LogP contribution in [-0.4, -0.2) is 54.1 Å². The number of hydrogen-bond acceptors (Lipinski definition) is 7. The average molecular weight is 544 g/mol. The van der Waals surface area contributed by atoms with Crippen molar-refractivity contribution in [3.63, 3.8) is 0 Å². The summed E-state index contributed by atoms with van der Waals surface area (Å²) in [5, 5.41) is 14.9. The second-order valence-electron chi connectivity index (χ2n) is 10.5. The van der Waals surface area contributed by atoms with Gasteiger partial charge in [-0.3, -0.25) is 24.8 Å². The molecule has 0 aliphatic heterocycles. The van der Waals surface area contributed by atoms with Gasteiger partial charge in [-0.05, 0) is 66.8 Å². The number of amides is 1. The molecule has 1 amide bonds. The number of benzene rings is 1. The minimum absolute atomic E-state index is 0.0694. The van der Waals surface area contributed by atoms with E-state index in [4.69, 9.17) is 4.98 Å². The topological polar surface area (TPSA) is 137 Å². The zero-order valence-electron chi connectivity index (χ0n) is 22.4. The summed E-state index contributed by atoms with van der Waals surface area (Å²) in [4.78, 5) is 33.7. The predicted octanol–water partition coefficient (Wildman–Crippen LogP) is 5.34. The fourth-order valence-electron chi connectivity index (χ4n) is 5.64. The monoisotopic (exact) mass is 543 g/mol. The molecule has 10 heteroatoms. The van der Waals surface area contributed by atoms with Crippen molar-refractivity contribution in [2.75, 3.05) is 18.4 Å². The summed E-state index contributed by atoms with van der Waals surface area (Å²) in [6, 6.07) is 11.9. The third-order valence-electron chi connectivity index (χ3n) is 7.72. The third-order valence-corrected chi connectivity index (χ3v) is 7.72. The molecule has 1 aliphatic rings. The maximum atomic E-state index is 12.5. The molecule has 4 N–H and O–H groups in total. The molecule has 0 saturated heterocycles. The fourth-order valence-corrected chi connectivity index (χ4v) is 5.64. The molecule has 0 spiro atoms. The molecule has 0 radical (unpaired) electrons. The average Bonchev–Trinajstić information content (AvgIpc) is 3.77. The van der Waals surface area contributed by atoms with Crippen molar-refractivity contribution in [1.82, 2.24) is 40.4 Å². The Labute approximate surface area is 236 Å². The molecule has 1 aromatic carbocycles. The van der Waals surface area contributed by atoms with Crippen LogP contribution in [-0.2, 0) is 4.79 Å². The van der Waals surface area contributed by atoms with Gasteiger partial charge in [0.1, 0.15) is 5.69 Å². The maximum Gasteiger partial charge on any atom is 0.238 e. The lowest BCUT2D eigenvalue weighted by Crippen LogP contribution is -2.31. The Morgan fingerprint density at radius 2 is 1.73 bits per heavy atom. The molecule has 5 heterocycles. The molecule has 0 atom stereocenters. The van der Waals surface area contributed by atoms with Crippen molar-refractivity contribution in [1.29, 1.82) is 0 Å². The highest BCUT2D eigenvalue weighted by atomic mass is 16.1. The number of rotatable bonds is 8. The van der Waals surface area contributed by atoms with Crippen LogP contribution in [0.2, 0.25) is 0 Å². The number of hydrogen-bond donors (Lipinski definition) is 4. The van der Waals surface area contributed by atoms with Crippen LogP contribution in [0.25, 0.3) is 55.7 Å². The van der Waals surface area contributed by atoms with Crippen molar-refractivity contribution >= 4 is 33.5 Å². The summed E-state index contributed by atoms with van der Waals surface area (Å²) in [5.74, 6) is 1.27. The Bertz CT molecular complexity index is 1840. The second-order valence-corrected chi connectivity index (χ2v) is 10.5. The molecule has 0 unspecified atom stereocenters. The second kappa shape index (κ2) is 10.9. The van der Waals surface area contributed by atoms with E-state index in [-0.39, 0.29) is 5.91 Å². The number of fused-ring (bicyclic) bond motifs is 2. The highest BCUT2D eigenvalue weighted by molar-refractivity contribution is 5.98. The number of anilines is 1. The number of aromatic nitrogens is 7. The Morgan fingerprint density at radius 3 is 2.61 bits per heavy atom. The summed E-state index contributed by atoms with van der Waals surface area (Å²) < 4.78 is 0. The molecule has 41 heavy (non-hydrogen) atoms. The van der Waals surface area contributed by atoms with Crippen LogP contribution in [0.1, 0.15) is 25.7 Å². The standard InChI is InChI=1S/C31H29N9O/c41-28(18-33-13-19-3-1-2-4-19)36-23-11-22(14-34-15-23)21-5-6-26-24(12-21)30(40-39-26)31-37-27-17-35-16-25(29(27)38-31)20-7-9-32-10-8-20/h5-12,14-17,19,33H,1-4,13,18H2,(H,36,41)(H,37,38)(H,39,40). The minimum atomic E-state index is -0.0694. The van der Waals surface area contributed by atoms with Crippen LogP contribution in [0, 0.1) is 5.92 Å². The molecule has 1 aliphatic carbocycles. The van der Waals surface area contributed by atoms with Gasteiger partial charge in [-0.2, -0.15) is 5.10 Å². The third kappa shape index (κ3) is 5.17. The largest absolute Gasteiger partial charge is 0.335 e. The zero-order chi connectivity index (χ0) is 27.6. The van der Waals surface area contributed by atoms with Crippen LogP contribution in [0.15, 0.2) is 73.6 Å². The summed E-state index contributed by atoms with van der Waals surface area (Å²) >= 11 is 0. The number of pyridine rings is 3. The van der Waals surface area contributed by atoms with Crippen LogP contribution in [0.5, 0.6) is 0 Å². The van der Waals surface area contributed by atoms with Crippen LogP contribution in [0.3, 0.4) is 0 Å². The molecule has 1 fully saturated rings. The number of aromatic amines is 2. The van der Waals surface area contributed by atoms with Crippen LogP contribution < -0.4 is 10.6 Å². The van der Waals surface area contributed by atoms with Gasteiger partial charge >= 0.3 is 0 Å². The SMILES string of the molecule is O=C(CNCC1CCCC1)Nc1cncc(-c2ccc3[nH]nc(-c4nc5c(-c6ccncc6)cncc5[nH]4)c3c2)c1. The Hall–Kier alpha value is -4.96. The van der Waals surface area contributed by atoms with E-state index in [9.17, 15) is 4.79 Å². The van der Waals surface area contributed by atoms with Gasteiger partial charge in [0.25, 0.3) is 0 Å². The van der Waals surface area contributed by atoms with E-state index in [1.165, 1.54) is 25.7 Å². The maximum absolute atomic E-state index is 12.5. The lowest BCUT2D eigenvalue weighted by Gasteiger charge is -2.11. The molecule has 6 aromatic rings. The Balaban J connectivity index is 1.14. The molecule has 204 valence electrons. The van der Waals surface area contributed by atoms with Gasteiger partial charge in [-0.25, -0.2) is 4.98 Å². The van der Waals surface area contributed by atoms with Gasteiger partial charge in [-0.15, -0.1) is 0 Å². The van der Waals surface area contributed by atoms with Gasteiger partial charge in [-0.1, -0.05) is 18.9 Å². The normalized spacial score (nSPS) is 13.8. The molecular weight excluding hydrogens is 514 g/mol. The molecule has 1 saturated carbocycles. The minimum Gasteiger partial charge on any atom is -0.335 e. The van der Waals surface area contributed by atoms with Crippen molar-refractivity contribution < 1.29 is 4.79 Å². The lowest BCUT2D eigenvalue weighted by molar-refractivity contribution is -0.115. The van der Waals surface area contributed by atoms with Gasteiger partial charge in [0.05, 0.1) is 41.2 Å². The zero-order valence-corrected chi connectivity index (χ0v) is 22.4. The predicted molar refractivity (Wildman–Crippen MR) is 159 cm³/mol. The summed E-state index contributed by atoms with van der Waals surface area (Å²) in [6.45, 7) is 1.19. The van der Waals surface area contributed by atoms with Crippen LogP contribution in [0.4, 0.5) is 5.69 Å². The van der Waals surface area contributed by atoms with Crippen molar-refractivity contribution in [3.05, 3.63) is 73.6 Å². The molecular formula is C31H29N9O. The molecule has 7 rings (SSSR count). The first kappa shape index (κ1) is 25.0. The van der Waals surface area contributed by atoms with Gasteiger partial charge in [0, 0.05) is 41.3 Å². The van der Waals surface area contributed by atoms with E-state index in [1.54, 1.807) is 31.0 Å². The highest BCUT2D eigenvalue weighted by Gasteiger charge is 2.17.